The zero-order chi connectivity index (χ0) is 32.1. The van der Waals surface area contributed by atoms with Crippen molar-refractivity contribution in [1.82, 2.24) is 9.88 Å². The molecule has 1 unspecified atom stereocenters. The first-order chi connectivity index (χ1) is 20.7. The number of nitrogen functional groups attached to an aromatic ring is 1. The van der Waals surface area contributed by atoms with Crippen molar-refractivity contribution >= 4 is 29.0 Å². The first-order valence-electron chi connectivity index (χ1n) is 13.7. The van der Waals surface area contributed by atoms with E-state index in [0.29, 0.717) is 12.3 Å². The fourth-order valence-corrected chi connectivity index (χ4v) is 5.10. The van der Waals surface area contributed by atoms with Gasteiger partial charge in [-0.2, -0.15) is 13.2 Å². The van der Waals surface area contributed by atoms with Gasteiger partial charge in [-0.25, -0.2) is 4.98 Å². The number of aromatic nitrogens is 1. The molecule has 3 aromatic rings. The van der Waals surface area contributed by atoms with Gasteiger partial charge in [0, 0.05) is 22.9 Å². The molecule has 2 heterocycles. The van der Waals surface area contributed by atoms with E-state index in [0.717, 1.165) is 50.7 Å². The Kier molecular flexibility index (Phi) is 10.3. The number of ether oxygens (including phenoxy) is 1. The van der Waals surface area contributed by atoms with Gasteiger partial charge in [0.15, 0.2) is 0 Å². The summed E-state index contributed by atoms with van der Waals surface area (Å²) in [7, 11) is 2.05. The Morgan fingerprint density at radius 1 is 1.07 bits per heavy atom. The summed E-state index contributed by atoms with van der Waals surface area (Å²) in [5, 5.41) is 2.60. The average molecular weight is 639 g/mol. The molecule has 1 saturated heterocycles. The van der Waals surface area contributed by atoms with Crippen LogP contribution in [0.3, 0.4) is 0 Å². The Balaban J connectivity index is 1.50. The fourth-order valence-electron chi connectivity index (χ4n) is 4.94. The average Bonchev–Trinajstić information content (AvgIpc) is 3.15. The minimum Gasteiger partial charge on any atom is -0.404 e. The highest BCUT2D eigenvalue weighted by molar-refractivity contribution is 6.32. The maximum Gasteiger partial charge on any atom is 0.573 e. The summed E-state index contributed by atoms with van der Waals surface area (Å²) < 4.78 is 83.5. The van der Waals surface area contributed by atoms with Crippen molar-refractivity contribution in [1.29, 1.82) is 0 Å². The molecule has 4 rings (SSSR count). The van der Waals surface area contributed by atoms with Crippen LogP contribution in [0.2, 0.25) is 5.02 Å². The number of benzene rings is 2. The van der Waals surface area contributed by atoms with Crippen LogP contribution in [0.1, 0.15) is 58.3 Å². The normalized spacial score (nSPS) is 16.0. The van der Waals surface area contributed by atoms with Crippen LogP contribution < -0.4 is 15.8 Å². The lowest BCUT2D eigenvalue weighted by atomic mass is 9.91. The SMILES string of the molecule is CN1CCCC(CCc2ccc(NC(=O)c3ccc(Cl)c(C#Cc4cc(OC(F)(F)F)cnc4N)c3)cc2C(F)(F)F)CC1. The highest BCUT2D eigenvalue weighted by Gasteiger charge is 2.34. The van der Waals surface area contributed by atoms with Gasteiger partial charge in [0.1, 0.15) is 11.6 Å². The molecular weight excluding hydrogens is 610 g/mol. The predicted octanol–water partition coefficient (Wildman–Crippen LogP) is 7.55. The standard InChI is InChI=1S/C31H29ClF6N4O2/c1-42-13-2-3-19(12-14-42)4-5-20-8-10-24(17-26(20)30(33,34)35)41-29(43)23-9-11-27(32)21(15-23)6-7-22-16-25(18-40-28(22)39)44-31(36,37)38/h8-11,15-19H,2-5,12-14H2,1H3,(H2,39,40)(H,41,43). The predicted molar refractivity (Wildman–Crippen MR) is 155 cm³/mol. The molecule has 6 nitrogen and oxygen atoms in total. The van der Waals surface area contributed by atoms with E-state index < -0.39 is 29.8 Å². The molecule has 44 heavy (non-hydrogen) atoms. The number of alkyl halides is 6. The van der Waals surface area contributed by atoms with E-state index in [1.54, 1.807) is 0 Å². The van der Waals surface area contributed by atoms with Gasteiger partial charge in [0.2, 0.25) is 0 Å². The lowest BCUT2D eigenvalue weighted by Gasteiger charge is -2.18. The maximum atomic E-state index is 14.0. The smallest absolute Gasteiger partial charge is 0.404 e. The summed E-state index contributed by atoms with van der Waals surface area (Å²) in [5.74, 6) is 4.04. The highest BCUT2D eigenvalue weighted by atomic mass is 35.5. The number of rotatable bonds is 6. The monoisotopic (exact) mass is 638 g/mol. The van der Waals surface area contributed by atoms with Gasteiger partial charge in [-0.05, 0) is 94.1 Å². The Morgan fingerprint density at radius 2 is 1.82 bits per heavy atom. The minimum atomic E-state index is -4.94. The Labute approximate surface area is 255 Å². The lowest BCUT2D eigenvalue weighted by molar-refractivity contribution is -0.274. The van der Waals surface area contributed by atoms with Crippen molar-refractivity contribution in [2.45, 2.75) is 44.6 Å². The van der Waals surface area contributed by atoms with Crippen molar-refractivity contribution in [3.63, 3.8) is 0 Å². The molecule has 1 atom stereocenters. The number of hydrogen-bond donors (Lipinski definition) is 2. The number of likely N-dealkylation sites (tertiary alicyclic amines) is 1. The van der Waals surface area contributed by atoms with E-state index >= 15 is 0 Å². The number of nitrogens with two attached hydrogens (primary N) is 1. The summed E-state index contributed by atoms with van der Waals surface area (Å²) in [6, 6.07) is 8.73. The molecule has 1 aromatic heterocycles. The third kappa shape index (κ3) is 9.27. The first kappa shape index (κ1) is 33.0. The third-order valence-electron chi connectivity index (χ3n) is 7.25. The van der Waals surface area contributed by atoms with Gasteiger partial charge in [0.05, 0.1) is 22.3 Å². The number of halogens is 7. The summed E-state index contributed by atoms with van der Waals surface area (Å²) in [4.78, 5) is 18.8. The molecular formula is C31H29ClF6N4O2. The van der Waals surface area contributed by atoms with Gasteiger partial charge >= 0.3 is 12.5 Å². The highest BCUT2D eigenvalue weighted by Crippen LogP contribution is 2.35. The topological polar surface area (TPSA) is 80.5 Å². The van der Waals surface area contributed by atoms with Crippen LogP contribution in [0.15, 0.2) is 48.7 Å². The molecule has 1 aliphatic rings. The van der Waals surface area contributed by atoms with Crippen molar-refractivity contribution in [2.75, 3.05) is 31.2 Å². The molecule has 1 fully saturated rings. The molecule has 234 valence electrons. The van der Waals surface area contributed by atoms with Crippen LogP contribution >= 0.6 is 11.6 Å². The van der Waals surface area contributed by atoms with Gasteiger partial charge in [-0.3, -0.25) is 4.79 Å². The molecule has 1 aliphatic heterocycles. The lowest BCUT2D eigenvalue weighted by Crippen LogP contribution is -2.19. The Hall–Kier alpha value is -3.95. The number of nitrogens with one attached hydrogen (secondary N) is 1. The van der Waals surface area contributed by atoms with E-state index in [4.69, 9.17) is 17.3 Å². The second kappa shape index (κ2) is 13.8. The van der Waals surface area contributed by atoms with E-state index in [2.05, 4.69) is 31.8 Å². The quantitative estimate of drug-likeness (QED) is 0.215. The molecule has 0 aliphatic carbocycles. The van der Waals surface area contributed by atoms with Crippen LogP contribution in [0.5, 0.6) is 5.75 Å². The number of nitrogens with zero attached hydrogens (tertiary/aromatic N) is 2. The second-order valence-corrected chi connectivity index (χ2v) is 11.0. The molecule has 2 aromatic carbocycles. The Morgan fingerprint density at radius 3 is 2.55 bits per heavy atom. The molecule has 0 bridgehead atoms. The molecule has 3 N–H and O–H groups in total. The van der Waals surface area contributed by atoms with E-state index in [1.165, 1.54) is 30.3 Å². The zero-order valence-corrected chi connectivity index (χ0v) is 24.3. The van der Waals surface area contributed by atoms with Crippen molar-refractivity contribution in [3.8, 4) is 17.6 Å². The third-order valence-corrected chi connectivity index (χ3v) is 7.58. The van der Waals surface area contributed by atoms with Crippen LogP contribution in [0, 0.1) is 17.8 Å². The summed E-state index contributed by atoms with van der Waals surface area (Å²) in [6.45, 7) is 1.91. The number of carbonyl (C=O) groups is 1. The summed E-state index contributed by atoms with van der Waals surface area (Å²) >= 11 is 6.19. The molecule has 13 heteroatoms. The fraction of sp³-hybridized carbons (Fsp3) is 0.355. The molecule has 0 saturated carbocycles. The van der Waals surface area contributed by atoms with Gasteiger partial charge in [-0.15, -0.1) is 13.2 Å². The van der Waals surface area contributed by atoms with Crippen LogP contribution in [-0.4, -0.2) is 42.3 Å². The minimum absolute atomic E-state index is 0.0370. The number of aryl methyl sites for hydroxylation is 1. The van der Waals surface area contributed by atoms with Crippen molar-refractivity contribution in [2.24, 2.45) is 5.92 Å². The van der Waals surface area contributed by atoms with E-state index in [1.807, 2.05) is 7.05 Å². The van der Waals surface area contributed by atoms with Crippen molar-refractivity contribution < 1.29 is 35.9 Å². The van der Waals surface area contributed by atoms with Crippen LogP contribution in [0.25, 0.3) is 0 Å². The van der Waals surface area contributed by atoms with Crippen LogP contribution in [-0.2, 0) is 12.6 Å². The number of amides is 1. The number of anilines is 2. The molecule has 0 radical (unpaired) electrons. The number of hydrogen-bond acceptors (Lipinski definition) is 5. The maximum absolute atomic E-state index is 14.0. The number of pyridine rings is 1. The Bertz CT molecular complexity index is 1570. The van der Waals surface area contributed by atoms with E-state index in [-0.39, 0.29) is 45.2 Å². The molecule has 0 spiro atoms. The first-order valence-corrected chi connectivity index (χ1v) is 14.1. The number of carbonyl (C=O) groups excluding carboxylic acids is 1. The van der Waals surface area contributed by atoms with Crippen LogP contribution in [0.4, 0.5) is 37.8 Å². The van der Waals surface area contributed by atoms with Gasteiger partial charge in [0.25, 0.3) is 5.91 Å². The summed E-state index contributed by atoms with van der Waals surface area (Å²) in [5.41, 5.74) is 5.13. The zero-order valence-electron chi connectivity index (χ0n) is 23.6. The largest absolute Gasteiger partial charge is 0.573 e. The summed E-state index contributed by atoms with van der Waals surface area (Å²) in [6.07, 6.45) is -4.88. The van der Waals surface area contributed by atoms with Gasteiger partial charge < -0.3 is 20.7 Å². The van der Waals surface area contributed by atoms with Gasteiger partial charge in [-0.1, -0.05) is 29.5 Å². The van der Waals surface area contributed by atoms with E-state index in [9.17, 15) is 31.1 Å². The molecule has 1 amide bonds. The second-order valence-electron chi connectivity index (χ2n) is 10.6. The van der Waals surface area contributed by atoms with Crippen molar-refractivity contribution in [3.05, 3.63) is 81.5 Å².